The Bertz CT molecular complexity index is 393. The van der Waals surface area contributed by atoms with Gasteiger partial charge in [-0.25, -0.2) is 4.98 Å². The van der Waals surface area contributed by atoms with E-state index < -0.39 is 0 Å². The molecule has 2 aromatic heterocycles. The smallest absolute Gasteiger partial charge is 0.107 e. The molecule has 0 radical (unpaired) electrons. The molecule has 0 spiro atoms. The summed E-state index contributed by atoms with van der Waals surface area (Å²) in [4.78, 5) is 8.42. The van der Waals surface area contributed by atoms with Crippen LogP contribution < -0.4 is 11.1 Å². The van der Waals surface area contributed by atoms with Crippen LogP contribution in [0.15, 0.2) is 23.8 Å². The van der Waals surface area contributed by atoms with Gasteiger partial charge in [0, 0.05) is 42.5 Å². The van der Waals surface area contributed by atoms with Crippen LogP contribution in [0.5, 0.6) is 0 Å². The molecular formula is C10H14N4S. The Hall–Kier alpha value is -1.33. The largest absolute Gasteiger partial charge is 0.398 e. The number of nitrogens with one attached hydrogen (secondary N) is 2. The number of nitrogen functional groups attached to an aromatic ring is 1. The maximum absolute atomic E-state index is 5.77. The zero-order valence-corrected chi connectivity index (χ0v) is 9.18. The molecule has 4 nitrogen and oxygen atoms in total. The number of imidazole rings is 1. The van der Waals surface area contributed by atoms with Crippen LogP contribution in [0.1, 0.15) is 10.7 Å². The molecule has 0 aliphatic heterocycles. The van der Waals surface area contributed by atoms with Crippen LogP contribution >= 0.6 is 11.3 Å². The molecule has 0 unspecified atom stereocenters. The SMILES string of the molecule is Nc1ccsc1CNCCc1ncc[nH]1. The predicted molar refractivity (Wildman–Crippen MR) is 62.7 cm³/mol. The quantitative estimate of drug-likeness (QED) is 0.670. The van der Waals surface area contributed by atoms with Gasteiger partial charge in [-0.2, -0.15) is 0 Å². The molecule has 0 atom stereocenters. The molecule has 0 amide bonds. The zero-order chi connectivity index (χ0) is 10.5. The Kier molecular flexibility index (Phi) is 3.37. The van der Waals surface area contributed by atoms with Gasteiger partial charge in [-0.15, -0.1) is 11.3 Å². The van der Waals surface area contributed by atoms with Crippen molar-refractivity contribution >= 4 is 17.0 Å². The normalized spacial score (nSPS) is 10.7. The third kappa shape index (κ3) is 2.81. The van der Waals surface area contributed by atoms with Gasteiger partial charge < -0.3 is 16.0 Å². The van der Waals surface area contributed by atoms with Crippen molar-refractivity contribution in [3.63, 3.8) is 0 Å². The van der Waals surface area contributed by atoms with E-state index in [1.54, 1.807) is 17.5 Å². The third-order valence-corrected chi connectivity index (χ3v) is 3.10. The number of hydrogen-bond donors (Lipinski definition) is 3. The second-order valence-corrected chi connectivity index (χ2v) is 4.26. The lowest BCUT2D eigenvalue weighted by Crippen LogP contribution is -2.17. The molecule has 0 aliphatic carbocycles. The average Bonchev–Trinajstić information content (AvgIpc) is 2.85. The van der Waals surface area contributed by atoms with Gasteiger partial charge in [0.15, 0.2) is 0 Å². The van der Waals surface area contributed by atoms with Crippen molar-refractivity contribution in [3.8, 4) is 0 Å². The van der Waals surface area contributed by atoms with E-state index in [0.29, 0.717) is 0 Å². The van der Waals surface area contributed by atoms with E-state index in [2.05, 4.69) is 15.3 Å². The van der Waals surface area contributed by atoms with E-state index in [0.717, 1.165) is 31.0 Å². The van der Waals surface area contributed by atoms with Crippen molar-refractivity contribution in [2.45, 2.75) is 13.0 Å². The molecule has 5 heteroatoms. The summed E-state index contributed by atoms with van der Waals surface area (Å²) >= 11 is 1.69. The summed E-state index contributed by atoms with van der Waals surface area (Å²) < 4.78 is 0. The molecule has 80 valence electrons. The minimum Gasteiger partial charge on any atom is -0.398 e. The van der Waals surface area contributed by atoms with Gasteiger partial charge in [-0.3, -0.25) is 0 Å². The first kappa shape index (κ1) is 10.2. The lowest BCUT2D eigenvalue weighted by Gasteiger charge is -2.02. The molecular weight excluding hydrogens is 208 g/mol. The molecule has 0 aromatic carbocycles. The maximum atomic E-state index is 5.77. The standard InChI is InChI=1S/C10H14N4S/c11-8-2-6-15-9(8)7-12-3-1-10-13-4-5-14-10/h2,4-6,12H,1,3,7,11H2,(H,13,14). The lowest BCUT2D eigenvalue weighted by atomic mass is 10.3. The van der Waals surface area contributed by atoms with Crippen molar-refractivity contribution in [2.75, 3.05) is 12.3 Å². The number of thiophene rings is 1. The Morgan fingerprint density at radius 1 is 1.53 bits per heavy atom. The maximum Gasteiger partial charge on any atom is 0.107 e. The summed E-state index contributed by atoms with van der Waals surface area (Å²) in [5, 5.41) is 5.35. The van der Waals surface area contributed by atoms with Gasteiger partial charge in [-0.05, 0) is 11.4 Å². The van der Waals surface area contributed by atoms with Crippen molar-refractivity contribution < 1.29 is 0 Å². The second kappa shape index (κ2) is 4.95. The fraction of sp³-hybridized carbons (Fsp3) is 0.300. The van der Waals surface area contributed by atoms with Crippen molar-refractivity contribution in [3.05, 3.63) is 34.5 Å². The highest BCUT2D eigenvalue weighted by Gasteiger charge is 1.99. The van der Waals surface area contributed by atoms with Crippen LogP contribution in [0, 0.1) is 0 Å². The number of nitrogens with two attached hydrogens (primary N) is 1. The molecule has 15 heavy (non-hydrogen) atoms. The fourth-order valence-electron chi connectivity index (χ4n) is 1.34. The van der Waals surface area contributed by atoms with Crippen LogP contribution in [-0.2, 0) is 13.0 Å². The Labute approximate surface area is 92.5 Å². The van der Waals surface area contributed by atoms with Gasteiger partial charge in [0.05, 0.1) is 0 Å². The highest BCUT2D eigenvalue weighted by atomic mass is 32.1. The van der Waals surface area contributed by atoms with Gasteiger partial charge in [0.1, 0.15) is 5.82 Å². The molecule has 0 fully saturated rings. The zero-order valence-electron chi connectivity index (χ0n) is 8.36. The first-order chi connectivity index (χ1) is 7.36. The predicted octanol–water partition coefficient (Wildman–Crippen LogP) is 1.39. The number of H-pyrrole nitrogens is 1. The van der Waals surface area contributed by atoms with E-state index in [1.165, 1.54) is 4.88 Å². The molecule has 2 heterocycles. The molecule has 4 N–H and O–H groups in total. The van der Waals surface area contributed by atoms with E-state index in [4.69, 9.17) is 5.73 Å². The highest BCUT2D eigenvalue weighted by Crippen LogP contribution is 2.17. The van der Waals surface area contributed by atoms with Crippen LogP contribution in [0.2, 0.25) is 0 Å². The number of aromatic nitrogens is 2. The molecule has 0 aliphatic rings. The number of rotatable bonds is 5. The summed E-state index contributed by atoms with van der Waals surface area (Å²) in [6.45, 7) is 1.75. The molecule has 0 bridgehead atoms. The number of anilines is 1. The first-order valence-corrected chi connectivity index (χ1v) is 5.75. The molecule has 0 saturated carbocycles. The van der Waals surface area contributed by atoms with Crippen LogP contribution in [-0.4, -0.2) is 16.5 Å². The Morgan fingerprint density at radius 3 is 3.13 bits per heavy atom. The number of nitrogens with zero attached hydrogens (tertiary/aromatic N) is 1. The molecule has 2 aromatic rings. The summed E-state index contributed by atoms with van der Waals surface area (Å²) in [5.41, 5.74) is 6.65. The van der Waals surface area contributed by atoms with Crippen LogP contribution in [0.3, 0.4) is 0 Å². The minimum atomic E-state index is 0.838. The molecule has 2 rings (SSSR count). The van der Waals surface area contributed by atoms with Gasteiger partial charge in [0.2, 0.25) is 0 Å². The number of hydrogen-bond acceptors (Lipinski definition) is 4. The highest BCUT2D eigenvalue weighted by molar-refractivity contribution is 7.10. The van der Waals surface area contributed by atoms with E-state index in [1.807, 2.05) is 17.6 Å². The van der Waals surface area contributed by atoms with Gasteiger partial charge in [-0.1, -0.05) is 0 Å². The van der Waals surface area contributed by atoms with Crippen LogP contribution in [0.25, 0.3) is 0 Å². The van der Waals surface area contributed by atoms with Crippen LogP contribution in [0.4, 0.5) is 5.69 Å². The van der Waals surface area contributed by atoms with E-state index in [-0.39, 0.29) is 0 Å². The summed E-state index contributed by atoms with van der Waals surface area (Å²) in [5.74, 6) is 1.02. The average molecular weight is 222 g/mol. The van der Waals surface area contributed by atoms with Crippen molar-refractivity contribution in [1.29, 1.82) is 0 Å². The van der Waals surface area contributed by atoms with E-state index >= 15 is 0 Å². The number of aromatic amines is 1. The topological polar surface area (TPSA) is 66.7 Å². The van der Waals surface area contributed by atoms with Gasteiger partial charge >= 0.3 is 0 Å². The van der Waals surface area contributed by atoms with Crippen molar-refractivity contribution in [2.24, 2.45) is 0 Å². The Balaban J connectivity index is 1.70. The first-order valence-electron chi connectivity index (χ1n) is 4.87. The lowest BCUT2D eigenvalue weighted by molar-refractivity contribution is 0.680. The third-order valence-electron chi connectivity index (χ3n) is 2.16. The Morgan fingerprint density at radius 2 is 2.47 bits per heavy atom. The summed E-state index contributed by atoms with van der Waals surface area (Å²) in [6.07, 6.45) is 4.53. The van der Waals surface area contributed by atoms with Crippen molar-refractivity contribution in [1.82, 2.24) is 15.3 Å². The monoisotopic (exact) mass is 222 g/mol. The minimum absolute atomic E-state index is 0.838. The summed E-state index contributed by atoms with van der Waals surface area (Å²) in [6, 6.07) is 1.94. The summed E-state index contributed by atoms with van der Waals surface area (Å²) in [7, 11) is 0. The second-order valence-electron chi connectivity index (χ2n) is 3.26. The van der Waals surface area contributed by atoms with Gasteiger partial charge in [0.25, 0.3) is 0 Å². The fourth-order valence-corrected chi connectivity index (χ4v) is 2.11. The molecule has 0 saturated heterocycles. The van der Waals surface area contributed by atoms with E-state index in [9.17, 15) is 0 Å².